The van der Waals surface area contributed by atoms with E-state index < -0.39 is 0 Å². The van der Waals surface area contributed by atoms with Gasteiger partial charge in [-0.3, -0.25) is 4.79 Å². The molecule has 8 heteroatoms. The molecular formula is C17H20N4O4. The molecule has 0 saturated carbocycles. The molecule has 1 fully saturated rings. The Balaban J connectivity index is 1.63. The van der Waals surface area contributed by atoms with Crippen LogP contribution in [0.1, 0.15) is 25.6 Å². The van der Waals surface area contributed by atoms with Crippen molar-refractivity contribution in [1.29, 1.82) is 0 Å². The molecule has 3 heterocycles. The van der Waals surface area contributed by atoms with E-state index in [1.165, 1.54) is 9.25 Å². The van der Waals surface area contributed by atoms with Gasteiger partial charge in [-0.25, -0.2) is 14.0 Å². The molecule has 1 saturated heterocycles. The van der Waals surface area contributed by atoms with Crippen molar-refractivity contribution in [3.05, 3.63) is 34.5 Å². The molecular weight excluding hydrogens is 324 g/mol. The van der Waals surface area contributed by atoms with E-state index in [0.717, 1.165) is 19.4 Å². The molecule has 4 rings (SSSR count). The number of amides is 1. The number of aromatic nitrogens is 3. The van der Waals surface area contributed by atoms with E-state index in [1.807, 2.05) is 11.8 Å². The Morgan fingerprint density at radius 1 is 1.32 bits per heavy atom. The maximum atomic E-state index is 12.7. The van der Waals surface area contributed by atoms with Crippen LogP contribution < -0.4 is 15.2 Å². The molecule has 1 atom stereocenters. The van der Waals surface area contributed by atoms with E-state index in [4.69, 9.17) is 9.47 Å². The average Bonchev–Trinajstić information content (AvgIpc) is 3.27. The van der Waals surface area contributed by atoms with Gasteiger partial charge >= 0.3 is 5.69 Å². The topological polar surface area (TPSA) is 78.6 Å². The van der Waals surface area contributed by atoms with Crippen LogP contribution in [-0.2, 0) is 11.3 Å². The lowest BCUT2D eigenvalue weighted by molar-refractivity contribution is -0.132. The van der Waals surface area contributed by atoms with Crippen molar-refractivity contribution in [2.45, 2.75) is 39.3 Å². The van der Waals surface area contributed by atoms with Crippen LogP contribution in [0.4, 0.5) is 0 Å². The number of benzene rings is 1. The fraction of sp³-hybridized carbons (Fsp3) is 0.471. The second-order valence-corrected chi connectivity index (χ2v) is 6.44. The number of hydrogen-bond acceptors (Lipinski definition) is 5. The van der Waals surface area contributed by atoms with Gasteiger partial charge in [-0.2, -0.15) is 5.10 Å². The number of carbonyl (C=O) groups is 1. The number of aryl methyl sites for hydroxylation is 1. The first-order valence-corrected chi connectivity index (χ1v) is 8.40. The Morgan fingerprint density at radius 2 is 2.12 bits per heavy atom. The fourth-order valence-corrected chi connectivity index (χ4v) is 3.46. The van der Waals surface area contributed by atoms with Gasteiger partial charge in [0.05, 0.1) is 5.69 Å². The first-order chi connectivity index (χ1) is 12.0. The van der Waals surface area contributed by atoms with E-state index in [0.29, 0.717) is 23.0 Å². The summed E-state index contributed by atoms with van der Waals surface area (Å²) in [7, 11) is 0. The molecule has 1 amide bonds. The highest BCUT2D eigenvalue weighted by atomic mass is 16.7. The summed E-state index contributed by atoms with van der Waals surface area (Å²) in [5.74, 6) is 1.70. The van der Waals surface area contributed by atoms with E-state index in [-0.39, 0.29) is 31.0 Å². The molecule has 8 nitrogen and oxygen atoms in total. The number of carbonyl (C=O) groups excluding carboxylic acids is 1. The van der Waals surface area contributed by atoms with Gasteiger partial charge in [0.1, 0.15) is 12.4 Å². The van der Waals surface area contributed by atoms with E-state index in [2.05, 4.69) is 5.10 Å². The minimum atomic E-state index is -0.337. The second kappa shape index (κ2) is 5.94. The Kier molecular flexibility index (Phi) is 3.74. The van der Waals surface area contributed by atoms with Crippen molar-refractivity contribution in [1.82, 2.24) is 19.2 Å². The first-order valence-electron chi connectivity index (χ1n) is 8.40. The van der Waals surface area contributed by atoms with Gasteiger partial charge in [-0.1, -0.05) is 0 Å². The smallest absolute Gasteiger partial charge is 0.351 e. The maximum Gasteiger partial charge on any atom is 0.351 e. The fourth-order valence-electron chi connectivity index (χ4n) is 3.46. The van der Waals surface area contributed by atoms with Gasteiger partial charge in [-0.15, -0.1) is 0 Å². The number of fused-ring (bicyclic) bond motifs is 1. The number of likely N-dealkylation sites (tertiary alicyclic amines) is 1. The van der Waals surface area contributed by atoms with Crippen LogP contribution >= 0.6 is 0 Å². The summed E-state index contributed by atoms with van der Waals surface area (Å²) in [6, 6.07) is 5.50. The minimum Gasteiger partial charge on any atom is -0.454 e. The van der Waals surface area contributed by atoms with Gasteiger partial charge in [0, 0.05) is 18.7 Å². The Morgan fingerprint density at radius 3 is 2.88 bits per heavy atom. The van der Waals surface area contributed by atoms with Crippen LogP contribution in [0.5, 0.6) is 11.5 Å². The third-order valence-corrected chi connectivity index (χ3v) is 4.77. The number of rotatable bonds is 3. The molecule has 2 aliphatic heterocycles. The summed E-state index contributed by atoms with van der Waals surface area (Å²) in [4.78, 5) is 27.0. The standard InChI is InChI=1S/C17H20N4O4/c1-11-4-3-7-19(11)16(22)9-20-17(23)21(12(2)18-20)13-5-6-14-15(8-13)25-10-24-14/h5-6,8,11H,3-4,7,9-10H2,1-2H3/t11-/m0/s1. The molecule has 132 valence electrons. The highest BCUT2D eigenvalue weighted by Gasteiger charge is 2.26. The van der Waals surface area contributed by atoms with Gasteiger partial charge in [0.15, 0.2) is 11.5 Å². The molecule has 1 aromatic carbocycles. The highest BCUT2D eigenvalue weighted by Crippen LogP contribution is 2.33. The third-order valence-electron chi connectivity index (χ3n) is 4.77. The molecule has 2 aromatic rings. The van der Waals surface area contributed by atoms with Gasteiger partial charge in [-0.05, 0) is 38.8 Å². The zero-order valence-corrected chi connectivity index (χ0v) is 14.3. The van der Waals surface area contributed by atoms with Crippen molar-refractivity contribution in [2.75, 3.05) is 13.3 Å². The molecule has 0 bridgehead atoms. The SMILES string of the molecule is Cc1nn(CC(=O)N2CCC[C@@H]2C)c(=O)n1-c1ccc2c(c1)OCO2. The molecule has 0 N–H and O–H groups in total. The number of nitrogens with zero attached hydrogens (tertiary/aromatic N) is 4. The molecule has 0 unspecified atom stereocenters. The molecule has 0 radical (unpaired) electrons. The largest absolute Gasteiger partial charge is 0.454 e. The summed E-state index contributed by atoms with van der Waals surface area (Å²) < 4.78 is 13.4. The monoisotopic (exact) mass is 344 g/mol. The van der Waals surface area contributed by atoms with E-state index in [9.17, 15) is 9.59 Å². The number of hydrogen-bond donors (Lipinski definition) is 0. The normalized spacial score (nSPS) is 18.8. The second-order valence-electron chi connectivity index (χ2n) is 6.44. The molecule has 0 aliphatic carbocycles. The van der Waals surface area contributed by atoms with Crippen molar-refractivity contribution in [3.8, 4) is 17.2 Å². The van der Waals surface area contributed by atoms with Crippen LogP contribution in [-0.4, -0.2) is 44.5 Å². The minimum absolute atomic E-state index is 0.0401. The molecule has 0 spiro atoms. The zero-order chi connectivity index (χ0) is 17.6. The predicted octanol–water partition coefficient (Wildman–Crippen LogP) is 1.08. The summed E-state index contributed by atoms with van der Waals surface area (Å²) >= 11 is 0. The quantitative estimate of drug-likeness (QED) is 0.833. The van der Waals surface area contributed by atoms with Crippen LogP contribution in [0.15, 0.2) is 23.0 Å². The lowest BCUT2D eigenvalue weighted by Gasteiger charge is -2.20. The molecule has 25 heavy (non-hydrogen) atoms. The van der Waals surface area contributed by atoms with Crippen molar-refractivity contribution < 1.29 is 14.3 Å². The van der Waals surface area contributed by atoms with Gasteiger partial charge in [0.2, 0.25) is 12.7 Å². The van der Waals surface area contributed by atoms with Gasteiger partial charge < -0.3 is 14.4 Å². The maximum absolute atomic E-state index is 12.7. The summed E-state index contributed by atoms with van der Waals surface area (Å²) in [5, 5.41) is 4.26. The molecule has 1 aromatic heterocycles. The van der Waals surface area contributed by atoms with Crippen LogP contribution in [0.3, 0.4) is 0 Å². The third kappa shape index (κ3) is 2.67. The van der Waals surface area contributed by atoms with E-state index >= 15 is 0 Å². The van der Waals surface area contributed by atoms with Crippen LogP contribution in [0.25, 0.3) is 5.69 Å². The lowest BCUT2D eigenvalue weighted by atomic mass is 10.2. The summed E-state index contributed by atoms with van der Waals surface area (Å²) in [5.41, 5.74) is 0.302. The van der Waals surface area contributed by atoms with Gasteiger partial charge in [0.25, 0.3) is 0 Å². The van der Waals surface area contributed by atoms with Crippen molar-refractivity contribution >= 4 is 5.91 Å². The highest BCUT2D eigenvalue weighted by molar-refractivity contribution is 5.76. The average molecular weight is 344 g/mol. The summed E-state index contributed by atoms with van der Waals surface area (Å²) in [6.45, 7) is 4.65. The predicted molar refractivity (Wildman–Crippen MR) is 89.1 cm³/mol. The van der Waals surface area contributed by atoms with Crippen LogP contribution in [0.2, 0.25) is 0 Å². The van der Waals surface area contributed by atoms with Crippen LogP contribution in [0, 0.1) is 6.92 Å². The molecule has 2 aliphatic rings. The zero-order valence-electron chi connectivity index (χ0n) is 14.3. The Bertz CT molecular complexity index is 885. The van der Waals surface area contributed by atoms with Crippen molar-refractivity contribution in [3.63, 3.8) is 0 Å². The van der Waals surface area contributed by atoms with Crippen molar-refractivity contribution in [2.24, 2.45) is 0 Å². The Labute approximate surface area is 144 Å². The van der Waals surface area contributed by atoms with E-state index in [1.54, 1.807) is 25.1 Å². The first kappa shape index (κ1) is 15.7. The number of ether oxygens (including phenoxy) is 2. The summed E-state index contributed by atoms with van der Waals surface area (Å²) in [6.07, 6.45) is 2.01. The lowest BCUT2D eigenvalue weighted by Crippen LogP contribution is -2.38. The Hall–Kier alpha value is -2.77.